The van der Waals surface area contributed by atoms with E-state index in [-0.39, 0.29) is 70.4 Å². The van der Waals surface area contributed by atoms with Gasteiger partial charge in [0, 0.05) is 56.8 Å². The van der Waals surface area contributed by atoms with Crippen LogP contribution in [0.3, 0.4) is 0 Å². The molecule has 26 nitrogen and oxygen atoms in total. The number of nitrogens with one attached hydrogen (secondary N) is 9. The number of hydrogen-bond acceptors (Lipinski definition) is 15. The van der Waals surface area contributed by atoms with Crippen LogP contribution in [0.15, 0.2) is 146 Å². The van der Waals surface area contributed by atoms with Gasteiger partial charge in [-0.1, -0.05) is 150 Å². The summed E-state index contributed by atoms with van der Waals surface area (Å²) in [5.74, 6) is -8.85. The minimum Gasteiger partial charge on any atom is -0.490 e. The number of nitrogens with zero attached hydrogens (tertiary/aromatic N) is 2. The summed E-state index contributed by atoms with van der Waals surface area (Å²) in [4.78, 5) is 160. The Labute approximate surface area is 604 Å². The predicted octanol–water partition coefficient (Wildman–Crippen LogP) is 3.89. The molecule has 11 N–H and O–H groups in total. The van der Waals surface area contributed by atoms with Gasteiger partial charge in [0.15, 0.2) is 0 Å². The Hall–Kier alpha value is -10.6. The number of ether oxygens (including phenoxy) is 2. The fourth-order valence-electron chi connectivity index (χ4n) is 13.0. The molecule has 6 aliphatic heterocycles. The first-order chi connectivity index (χ1) is 49.6. The monoisotopic (exact) mass is 1430 g/mol. The standard InChI is InChI=1S/C78H95N11O15/c1-44(2)65(86-67(90)45(3)79-8)74(97)89-43-58-41-64(89)73(96)83-60(39-50-23-27-52-17-11-13-19-55(52)35-50)71(94)84-61(76(99)100)36-47-20-28-53(29-21-47)69(92)81-56-40-63(88(42-56)75(98)66(78(5,6)7)87-68(91)46(4)80-9)72(95)82-59(38-49-22-26-51-16-10-12-18-54(51)34-49)70(93)85-62(77(101)102)37-48-24-30-57(31-25-48)103-32-14-15-33-104-58/h10-31,34-35,44-46,56,58-66,79-80H,32-33,36-43H2,1-9H3,(H,81,92)(H,82,95)(H,83,96)(H,84,94)(H,85,93)(H,86,90)(H,87,91)(H,99,100)(H,101,102)/b15-14+/t45-,46-,56-,58-,59-,60-,61-,62-,63-,64-,65-,66+/m0/s1. The third-order valence-electron chi connectivity index (χ3n) is 19.3. The van der Waals surface area contributed by atoms with Crippen LogP contribution in [0, 0.1) is 11.3 Å². The average molecular weight is 1430 g/mol. The van der Waals surface area contributed by atoms with Crippen LogP contribution in [0.4, 0.5) is 0 Å². The number of rotatable bonds is 15. The molecule has 2 saturated heterocycles. The van der Waals surface area contributed by atoms with Gasteiger partial charge in [-0.15, -0.1) is 0 Å². The molecular formula is C78H95N11O15. The van der Waals surface area contributed by atoms with Crippen LogP contribution in [0.2, 0.25) is 0 Å². The number of likely N-dealkylation sites (N-methyl/N-ethyl adjacent to an activating group) is 2. The number of carbonyl (C=O) groups excluding carboxylic acids is 9. The number of hydrogen-bond donors (Lipinski definition) is 11. The maximum Gasteiger partial charge on any atom is 0.326 e. The van der Waals surface area contributed by atoms with Crippen molar-refractivity contribution in [3.05, 3.63) is 173 Å². The summed E-state index contributed by atoms with van der Waals surface area (Å²) in [7, 11) is 3.19. The van der Waals surface area contributed by atoms with E-state index in [1.54, 1.807) is 111 Å². The van der Waals surface area contributed by atoms with Crippen LogP contribution >= 0.6 is 0 Å². The van der Waals surface area contributed by atoms with E-state index in [0.717, 1.165) is 21.5 Å². The second-order valence-electron chi connectivity index (χ2n) is 28.4. The zero-order valence-electron chi connectivity index (χ0n) is 60.0. The smallest absolute Gasteiger partial charge is 0.326 e. The lowest BCUT2D eigenvalue weighted by Crippen LogP contribution is -2.61. The molecule has 104 heavy (non-hydrogen) atoms. The number of amides is 9. The van der Waals surface area contributed by atoms with Crippen LogP contribution in [0.25, 0.3) is 21.5 Å². The van der Waals surface area contributed by atoms with Crippen molar-refractivity contribution in [2.45, 2.75) is 160 Å². The molecule has 0 unspecified atom stereocenters. The van der Waals surface area contributed by atoms with Gasteiger partial charge in [0.2, 0.25) is 47.3 Å². The average Bonchev–Trinajstić information content (AvgIpc) is 1.65. The minimum absolute atomic E-state index is 0.0107. The topological polar surface area (TPSA) is 361 Å². The van der Waals surface area contributed by atoms with Crippen molar-refractivity contribution < 1.29 is 72.4 Å². The van der Waals surface area contributed by atoms with Crippen LogP contribution in [-0.2, 0) is 78.4 Å². The van der Waals surface area contributed by atoms with E-state index in [1.165, 1.54) is 34.1 Å². The van der Waals surface area contributed by atoms with Gasteiger partial charge in [0.05, 0.1) is 24.8 Å². The lowest BCUT2D eigenvalue weighted by atomic mass is 9.85. The first kappa shape index (κ1) is 77.6. The second kappa shape index (κ2) is 35.1. The van der Waals surface area contributed by atoms with Crippen molar-refractivity contribution in [2.75, 3.05) is 40.4 Å². The van der Waals surface area contributed by atoms with E-state index in [0.29, 0.717) is 28.0 Å². The summed E-state index contributed by atoms with van der Waals surface area (Å²) in [5.41, 5.74) is 1.30. The van der Waals surface area contributed by atoms with Crippen molar-refractivity contribution in [3.8, 4) is 5.75 Å². The van der Waals surface area contributed by atoms with Gasteiger partial charge in [-0.25, -0.2) is 9.59 Å². The van der Waals surface area contributed by atoms with Crippen LogP contribution in [0.1, 0.15) is 93.9 Å². The first-order valence-corrected chi connectivity index (χ1v) is 35.1. The highest BCUT2D eigenvalue weighted by Gasteiger charge is 2.48. The largest absolute Gasteiger partial charge is 0.490 e. The molecule has 12 atom stereocenters. The fourth-order valence-corrected chi connectivity index (χ4v) is 13.0. The molecular weight excluding hydrogens is 1330 g/mol. The Morgan fingerprint density at radius 1 is 0.538 bits per heavy atom. The fraction of sp³-hybridized carbons (Fsp3) is 0.423. The van der Waals surface area contributed by atoms with Crippen molar-refractivity contribution in [3.63, 3.8) is 0 Å². The Bertz CT molecular complexity index is 4160. The highest BCUT2D eigenvalue weighted by atomic mass is 16.5. The zero-order valence-corrected chi connectivity index (χ0v) is 60.0. The lowest BCUT2D eigenvalue weighted by Gasteiger charge is -2.36. The maximum atomic E-state index is 15.2. The molecule has 9 amide bonds. The van der Waals surface area contributed by atoms with Gasteiger partial charge in [-0.2, -0.15) is 0 Å². The molecule has 26 heteroatoms. The van der Waals surface area contributed by atoms with Crippen molar-refractivity contribution in [1.29, 1.82) is 0 Å². The summed E-state index contributed by atoms with van der Waals surface area (Å²) in [6.07, 6.45) is 1.75. The molecule has 6 aromatic carbocycles. The van der Waals surface area contributed by atoms with Crippen LogP contribution in [-0.4, -0.2) is 198 Å². The number of aliphatic carboxylic acids is 2. The van der Waals surface area contributed by atoms with Gasteiger partial charge in [0.25, 0.3) is 5.91 Å². The molecule has 0 aliphatic carbocycles. The van der Waals surface area contributed by atoms with E-state index in [1.807, 2.05) is 72.8 Å². The number of carboxylic acid groups (broad SMARTS) is 2. The van der Waals surface area contributed by atoms with E-state index in [2.05, 4.69) is 47.9 Å². The molecule has 0 radical (unpaired) electrons. The maximum absolute atomic E-state index is 15.2. The molecule has 552 valence electrons. The third kappa shape index (κ3) is 20.2. The SMILES string of the molecule is CN[C@@H](C)C(=O)N[C@H](C(=O)N1C[C@@H]2C[C@H]1C(=O)N[C@@H](Cc1ccc3ccccc3c1)C(=O)N[C@H](C(=O)O)Cc1ccc(cc1)C(=O)N[C@H]1C[C@@H](C(=O)N[C@@H](Cc3ccc4ccccc4c3)C(=O)N[C@H](C(=O)O)Cc3ccc(cc3)OC/C=C/CO2)N(C(=O)[C@@H](NC(=O)[C@H](C)NC)C(C)(C)C)C1)C(C)C. The number of benzene rings is 6. The summed E-state index contributed by atoms with van der Waals surface area (Å²) in [6, 6.07) is 25.5. The van der Waals surface area contributed by atoms with Crippen molar-refractivity contribution in [1.82, 2.24) is 57.7 Å². The molecule has 0 saturated carbocycles. The molecule has 8 bridgehead atoms. The molecule has 2 fully saturated rings. The zero-order chi connectivity index (χ0) is 75.1. The van der Waals surface area contributed by atoms with E-state index >= 15 is 14.4 Å². The number of carboxylic acids is 2. The van der Waals surface area contributed by atoms with Crippen molar-refractivity contribution in [2.24, 2.45) is 11.3 Å². The number of likely N-dealkylation sites (tertiary alicyclic amines) is 2. The Balaban J connectivity index is 1.05. The van der Waals surface area contributed by atoms with E-state index < -0.39 is 149 Å². The van der Waals surface area contributed by atoms with Crippen molar-refractivity contribution >= 4 is 86.6 Å². The highest BCUT2D eigenvalue weighted by Crippen LogP contribution is 2.29. The van der Waals surface area contributed by atoms with Crippen LogP contribution in [0.5, 0.6) is 5.75 Å². The van der Waals surface area contributed by atoms with Gasteiger partial charge < -0.3 is 77.3 Å². The molecule has 0 aromatic heterocycles. The summed E-state index contributed by atoms with van der Waals surface area (Å²) in [5, 5.41) is 50.3. The van der Waals surface area contributed by atoms with Gasteiger partial charge >= 0.3 is 11.9 Å². The molecule has 6 aliphatic rings. The normalized spacial score (nSPS) is 22.7. The lowest BCUT2D eigenvalue weighted by molar-refractivity contribution is -0.145. The van der Waals surface area contributed by atoms with Gasteiger partial charge in [-0.05, 0) is 120 Å². The van der Waals surface area contributed by atoms with E-state index in [4.69, 9.17) is 9.47 Å². The quantitative estimate of drug-likeness (QED) is 0.0650. The second-order valence-corrected chi connectivity index (χ2v) is 28.4. The molecule has 6 heterocycles. The van der Waals surface area contributed by atoms with Gasteiger partial charge in [0.1, 0.15) is 60.7 Å². The minimum atomic E-state index is -1.59. The molecule has 6 aromatic rings. The number of fused-ring (bicyclic) bond motifs is 2. The number of carbonyl (C=O) groups is 11. The molecule has 12 rings (SSSR count). The molecule has 0 spiro atoms. The van der Waals surface area contributed by atoms with Gasteiger partial charge in [-0.3, -0.25) is 43.2 Å². The van der Waals surface area contributed by atoms with E-state index in [9.17, 15) is 48.6 Å². The predicted molar refractivity (Wildman–Crippen MR) is 390 cm³/mol. The first-order valence-electron chi connectivity index (χ1n) is 35.1. The Kier molecular flexibility index (Phi) is 26.2. The Morgan fingerprint density at radius 2 is 1.01 bits per heavy atom. The summed E-state index contributed by atoms with van der Waals surface area (Å²) >= 11 is 0. The van der Waals surface area contributed by atoms with Crippen LogP contribution < -0.4 is 52.6 Å². The Morgan fingerprint density at radius 3 is 1.50 bits per heavy atom. The highest BCUT2D eigenvalue weighted by molar-refractivity contribution is 5.99. The third-order valence-corrected chi connectivity index (χ3v) is 19.3. The summed E-state index contributed by atoms with van der Waals surface area (Å²) in [6.45, 7) is 11.8. The summed E-state index contributed by atoms with van der Waals surface area (Å²) < 4.78 is 12.3.